The zero-order valence-corrected chi connectivity index (χ0v) is 18.6. The van der Waals surface area contributed by atoms with Crippen LogP contribution in [-0.4, -0.2) is 35.1 Å². The van der Waals surface area contributed by atoms with E-state index in [0.717, 1.165) is 5.56 Å². The molecule has 0 unspecified atom stereocenters. The molecular weight excluding hydrogens is 434 g/mol. The lowest BCUT2D eigenvalue weighted by Gasteiger charge is -2.28. The number of likely N-dealkylation sites (N-methyl/N-ethyl adjacent to an activating group) is 1. The van der Waals surface area contributed by atoms with Gasteiger partial charge in [-0.15, -0.1) is 11.8 Å². The summed E-state index contributed by atoms with van der Waals surface area (Å²) in [5, 5.41) is 3.55. The number of benzene rings is 2. The van der Waals surface area contributed by atoms with E-state index in [4.69, 9.17) is 23.2 Å². The second-order valence-corrected chi connectivity index (χ2v) is 8.22. The van der Waals surface area contributed by atoms with Crippen molar-refractivity contribution in [1.29, 1.82) is 0 Å². The molecule has 0 saturated heterocycles. The minimum Gasteiger partial charge on any atom is -0.355 e. The molecule has 2 aromatic carbocycles. The molecule has 0 aliphatic heterocycles. The second kappa shape index (κ2) is 11.4. The van der Waals surface area contributed by atoms with Gasteiger partial charge in [-0.2, -0.15) is 0 Å². The highest BCUT2D eigenvalue weighted by atomic mass is 35.5. The predicted molar refractivity (Wildman–Crippen MR) is 118 cm³/mol. The van der Waals surface area contributed by atoms with Gasteiger partial charge in [0.25, 0.3) is 0 Å². The van der Waals surface area contributed by atoms with Gasteiger partial charge in [0, 0.05) is 18.8 Å². The highest BCUT2D eigenvalue weighted by molar-refractivity contribution is 7.99. The van der Waals surface area contributed by atoms with Crippen molar-refractivity contribution in [2.24, 2.45) is 0 Å². The number of amides is 2. The monoisotopic (exact) mass is 456 g/mol. The van der Waals surface area contributed by atoms with Crippen molar-refractivity contribution in [3.63, 3.8) is 0 Å². The van der Waals surface area contributed by atoms with Gasteiger partial charge in [-0.1, -0.05) is 47.5 Å². The van der Waals surface area contributed by atoms with E-state index in [1.54, 1.807) is 43.3 Å². The first-order chi connectivity index (χ1) is 13.8. The Kier molecular flexibility index (Phi) is 9.27. The number of halogens is 3. The Labute approximate surface area is 184 Å². The Morgan fingerprint density at radius 3 is 2.55 bits per heavy atom. The summed E-state index contributed by atoms with van der Waals surface area (Å²) >= 11 is 13.3. The summed E-state index contributed by atoms with van der Waals surface area (Å²) in [7, 11) is 0. The molecule has 0 spiro atoms. The maximum atomic E-state index is 13.8. The molecule has 0 bridgehead atoms. The maximum Gasteiger partial charge on any atom is 0.242 e. The van der Waals surface area contributed by atoms with E-state index in [1.807, 2.05) is 6.92 Å². The lowest BCUT2D eigenvalue weighted by atomic mass is 10.1. The molecule has 156 valence electrons. The molecule has 2 aromatic rings. The van der Waals surface area contributed by atoms with E-state index in [1.165, 1.54) is 22.7 Å². The molecule has 2 rings (SSSR count). The standard InChI is InChI=1S/C21H23Cl2FN2O2S/c1-3-25-21(28)14(2)26(11-15-8-9-17(22)18(23)10-15)20(27)13-29-12-16-6-4-5-7-19(16)24/h4-10,14H,3,11-13H2,1-2H3,(H,25,28)/t14-/m0/s1. The van der Waals surface area contributed by atoms with E-state index >= 15 is 0 Å². The third kappa shape index (κ3) is 6.91. The molecule has 1 atom stereocenters. The van der Waals surface area contributed by atoms with E-state index in [9.17, 15) is 14.0 Å². The number of thioether (sulfide) groups is 1. The highest BCUT2D eigenvalue weighted by Crippen LogP contribution is 2.24. The topological polar surface area (TPSA) is 49.4 Å². The third-order valence-corrected chi connectivity index (χ3v) is 6.00. The van der Waals surface area contributed by atoms with Gasteiger partial charge in [0.2, 0.25) is 11.8 Å². The van der Waals surface area contributed by atoms with Crippen molar-refractivity contribution in [3.8, 4) is 0 Å². The molecule has 1 N–H and O–H groups in total. The molecule has 0 aromatic heterocycles. The van der Waals surface area contributed by atoms with Gasteiger partial charge in [-0.25, -0.2) is 4.39 Å². The lowest BCUT2D eigenvalue weighted by molar-refractivity contribution is -0.138. The van der Waals surface area contributed by atoms with Gasteiger partial charge in [0.05, 0.1) is 15.8 Å². The molecule has 29 heavy (non-hydrogen) atoms. The van der Waals surface area contributed by atoms with Crippen LogP contribution < -0.4 is 5.32 Å². The van der Waals surface area contributed by atoms with Gasteiger partial charge in [-0.05, 0) is 43.2 Å². The zero-order valence-electron chi connectivity index (χ0n) is 16.3. The SMILES string of the molecule is CCNC(=O)[C@H](C)N(Cc1ccc(Cl)c(Cl)c1)C(=O)CSCc1ccccc1F. The Morgan fingerprint density at radius 2 is 1.90 bits per heavy atom. The van der Waals surface area contributed by atoms with Crippen LogP contribution in [0, 0.1) is 5.82 Å². The van der Waals surface area contributed by atoms with Crippen LogP contribution in [0.5, 0.6) is 0 Å². The summed E-state index contributed by atoms with van der Waals surface area (Å²) < 4.78 is 13.8. The smallest absolute Gasteiger partial charge is 0.242 e. The molecule has 0 aliphatic carbocycles. The van der Waals surface area contributed by atoms with E-state index in [2.05, 4.69) is 5.32 Å². The van der Waals surface area contributed by atoms with Crippen LogP contribution in [0.3, 0.4) is 0 Å². The molecule has 0 heterocycles. The van der Waals surface area contributed by atoms with Crippen molar-refractivity contribution < 1.29 is 14.0 Å². The molecule has 0 radical (unpaired) electrons. The third-order valence-electron chi connectivity index (χ3n) is 4.30. The fraction of sp³-hybridized carbons (Fsp3) is 0.333. The van der Waals surface area contributed by atoms with Crippen molar-refractivity contribution in [3.05, 3.63) is 69.5 Å². The summed E-state index contributed by atoms with van der Waals surface area (Å²) in [5.74, 6) is -0.250. The maximum absolute atomic E-state index is 13.8. The summed E-state index contributed by atoms with van der Waals surface area (Å²) in [4.78, 5) is 26.7. The second-order valence-electron chi connectivity index (χ2n) is 6.42. The van der Waals surface area contributed by atoms with Crippen LogP contribution in [0.15, 0.2) is 42.5 Å². The van der Waals surface area contributed by atoms with Crippen LogP contribution in [-0.2, 0) is 21.9 Å². The molecule has 0 fully saturated rings. The summed E-state index contributed by atoms with van der Waals surface area (Å²) in [6, 6.07) is 10.9. The Bertz CT molecular complexity index is 866. The van der Waals surface area contributed by atoms with Crippen LogP contribution in [0.25, 0.3) is 0 Å². The first kappa shape index (κ1) is 23.5. The first-order valence-electron chi connectivity index (χ1n) is 9.15. The quantitative estimate of drug-likeness (QED) is 0.582. The van der Waals surface area contributed by atoms with E-state index in [0.29, 0.717) is 27.9 Å². The summed E-state index contributed by atoms with van der Waals surface area (Å²) in [6.07, 6.45) is 0. The average Bonchev–Trinajstić information content (AvgIpc) is 2.69. The van der Waals surface area contributed by atoms with Gasteiger partial charge in [-0.3, -0.25) is 9.59 Å². The molecule has 0 aliphatic rings. The Morgan fingerprint density at radius 1 is 1.17 bits per heavy atom. The molecule has 2 amide bonds. The average molecular weight is 457 g/mol. The van der Waals surface area contributed by atoms with Crippen molar-refractivity contribution >= 4 is 46.8 Å². The van der Waals surface area contributed by atoms with Gasteiger partial charge in [0.1, 0.15) is 11.9 Å². The zero-order chi connectivity index (χ0) is 21.4. The minimum absolute atomic E-state index is 0.124. The first-order valence-corrected chi connectivity index (χ1v) is 11.1. The fourth-order valence-electron chi connectivity index (χ4n) is 2.69. The van der Waals surface area contributed by atoms with Crippen LogP contribution in [0.2, 0.25) is 10.0 Å². The number of nitrogens with one attached hydrogen (secondary N) is 1. The number of hydrogen-bond donors (Lipinski definition) is 1. The Balaban J connectivity index is 2.10. The summed E-state index contributed by atoms with van der Waals surface area (Å²) in [6.45, 7) is 4.19. The van der Waals surface area contributed by atoms with Crippen LogP contribution in [0.4, 0.5) is 4.39 Å². The molecule has 8 heteroatoms. The largest absolute Gasteiger partial charge is 0.355 e. The predicted octanol–water partition coefficient (Wildman–Crippen LogP) is 4.92. The normalized spacial score (nSPS) is 11.8. The number of hydrogen-bond acceptors (Lipinski definition) is 3. The van der Waals surface area contributed by atoms with Gasteiger partial charge >= 0.3 is 0 Å². The molecule has 0 saturated carbocycles. The molecule has 4 nitrogen and oxygen atoms in total. The lowest BCUT2D eigenvalue weighted by Crippen LogP contribution is -2.48. The summed E-state index contributed by atoms with van der Waals surface area (Å²) in [5.41, 5.74) is 1.31. The molecular formula is C21H23Cl2FN2O2S. The van der Waals surface area contributed by atoms with Crippen molar-refractivity contribution in [2.45, 2.75) is 32.2 Å². The minimum atomic E-state index is -0.661. The number of rotatable bonds is 9. The van der Waals surface area contributed by atoms with Gasteiger partial charge < -0.3 is 10.2 Å². The highest BCUT2D eigenvalue weighted by Gasteiger charge is 2.26. The van der Waals surface area contributed by atoms with Crippen LogP contribution >= 0.6 is 35.0 Å². The Hall–Kier alpha value is -1.76. The number of carbonyl (C=O) groups is 2. The number of nitrogens with zero attached hydrogens (tertiary/aromatic N) is 1. The van der Waals surface area contributed by atoms with E-state index in [-0.39, 0.29) is 29.9 Å². The van der Waals surface area contributed by atoms with Crippen molar-refractivity contribution in [1.82, 2.24) is 10.2 Å². The van der Waals surface area contributed by atoms with Gasteiger partial charge in [0.15, 0.2) is 0 Å². The number of carbonyl (C=O) groups excluding carboxylic acids is 2. The van der Waals surface area contributed by atoms with E-state index < -0.39 is 6.04 Å². The van der Waals surface area contributed by atoms with Crippen LogP contribution in [0.1, 0.15) is 25.0 Å². The fourth-order valence-corrected chi connectivity index (χ4v) is 3.90. The van der Waals surface area contributed by atoms with Crippen molar-refractivity contribution in [2.75, 3.05) is 12.3 Å².